The third-order valence-corrected chi connectivity index (χ3v) is 5.92. The lowest BCUT2D eigenvalue weighted by Crippen LogP contribution is -2.17. The zero-order valence-corrected chi connectivity index (χ0v) is 18.7. The van der Waals surface area contributed by atoms with Gasteiger partial charge in [-0.05, 0) is 47.5 Å². The summed E-state index contributed by atoms with van der Waals surface area (Å²) in [5, 5.41) is 9.09. The number of rotatable bonds is 8. The molecule has 6 nitrogen and oxygen atoms in total. The van der Waals surface area contributed by atoms with Crippen molar-refractivity contribution in [1.29, 1.82) is 0 Å². The molecule has 0 unspecified atom stereocenters. The Morgan fingerprint density at radius 1 is 1.00 bits per heavy atom. The van der Waals surface area contributed by atoms with Crippen LogP contribution in [0.25, 0.3) is 0 Å². The summed E-state index contributed by atoms with van der Waals surface area (Å²) < 4.78 is 29.8. The summed E-state index contributed by atoms with van der Waals surface area (Å²) in [4.78, 5) is 12.1. The maximum atomic E-state index is 12.3. The van der Waals surface area contributed by atoms with E-state index in [1.165, 1.54) is 12.1 Å². The number of nitrogens with two attached hydrogens (primary N) is 1. The number of sulfonamides is 1. The van der Waals surface area contributed by atoms with E-state index in [1.54, 1.807) is 36.4 Å². The molecule has 0 aromatic heterocycles. The molecular formula is C22H20Cl2N2O4S. The Labute approximate surface area is 191 Å². The lowest BCUT2D eigenvalue weighted by molar-refractivity contribution is -0.115. The molecule has 0 saturated heterocycles. The van der Waals surface area contributed by atoms with Crippen LogP contribution in [-0.4, -0.2) is 20.9 Å². The number of anilines is 1. The Bertz CT molecular complexity index is 1200. The van der Waals surface area contributed by atoms with E-state index in [4.69, 9.17) is 33.1 Å². The fourth-order valence-corrected chi connectivity index (χ4v) is 4.03. The SMILES string of the molecule is NS(=O)(=O)c1cc(NC(=O)Cc2ccccc2Cl)ccc1OCCc1cccc(Cl)c1. The predicted octanol–water partition coefficient (Wildman–Crippen LogP) is 4.44. The van der Waals surface area contributed by atoms with Gasteiger partial charge in [0.1, 0.15) is 10.6 Å². The molecular weight excluding hydrogens is 459 g/mol. The summed E-state index contributed by atoms with van der Waals surface area (Å²) in [5.41, 5.74) is 1.89. The highest BCUT2D eigenvalue weighted by atomic mass is 35.5. The van der Waals surface area contributed by atoms with Crippen LogP contribution in [0.4, 0.5) is 5.69 Å². The number of nitrogens with one attached hydrogen (secondary N) is 1. The zero-order valence-electron chi connectivity index (χ0n) is 16.3. The molecule has 31 heavy (non-hydrogen) atoms. The molecule has 0 aliphatic heterocycles. The van der Waals surface area contributed by atoms with Gasteiger partial charge in [-0.3, -0.25) is 4.79 Å². The highest BCUT2D eigenvalue weighted by Crippen LogP contribution is 2.27. The van der Waals surface area contributed by atoms with Gasteiger partial charge in [0, 0.05) is 22.2 Å². The summed E-state index contributed by atoms with van der Waals surface area (Å²) >= 11 is 12.0. The average Bonchev–Trinajstić information content (AvgIpc) is 2.70. The van der Waals surface area contributed by atoms with E-state index in [0.29, 0.717) is 22.0 Å². The normalized spacial score (nSPS) is 11.2. The van der Waals surface area contributed by atoms with E-state index >= 15 is 0 Å². The topological polar surface area (TPSA) is 98.5 Å². The molecule has 162 valence electrons. The fraction of sp³-hybridized carbons (Fsp3) is 0.136. The number of hydrogen-bond acceptors (Lipinski definition) is 4. The number of halogens is 2. The fourth-order valence-electron chi connectivity index (χ4n) is 2.92. The molecule has 0 radical (unpaired) electrons. The molecule has 0 fully saturated rings. The first-order valence-corrected chi connectivity index (χ1v) is 11.6. The van der Waals surface area contributed by atoms with Gasteiger partial charge in [0.25, 0.3) is 0 Å². The smallest absolute Gasteiger partial charge is 0.241 e. The van der Waals surface area contributed by atoms with Crippen LogP contribution in [0.15, 0.2) is 71.6 Å². The molecule has 0 saturated carbocycles. The number of carbonyl (C=O) groups excluding carboxylic acids is 1. The number of primary sulfonamides is 1. The highest BCUT2D eigenvalue weighted by Gasteiger charge is 2.17. The first kappa shape index (κ1) is 23.1. The molecule has 3 N–H and O–H groups in total. The summed E-state index contributed by atoms with van der Waals surface area (Å²) in [6, 6.07) is 18.6. The molecule has 0 heterocycles. The molecule has 0 atom stereocenters. The maximum absolute atomic E-state index is 12.3. The van der Waals surface area contributed by atoms with E-state index in [0.717, 1.165) is 5.56 Å². The second-order valence-corrected chi connectivity index (χ2v) is 9.12. The van der Waals surface area contributed by atoms with Crippen molar-refractivity contribution in [3.63, 3.8) is 0 Å². The van der Waals surface area contributed by atoms with Gasteiger partial charge < -0.3 is 10.1 Å². The van der Waals surface area contributed by atoms with Crippen LogP contribution < -0.4 is 15.2 Å². The van der Waals surface area contributed by atoms with Crippen molar-refractivity contribution in [2.45, 2.75) is 17.7 Å². The Kier molecular flexibility index (Phi) is 7.56. The average molecular weight is 479 g/mol. The Morgan fingerprint density at radius 2 is 1.77 bits per heavy atom. The minimum Gasteiger partial charge on any atom is -0.492 e. The number of benzene rings is 3. The van der Waals surface area contributed by atoms with E-state index in [2.05, 4.69) is 5.32 Å². The monoisotopic (exact) mass is 478 g/mol. The van der Waals surface area contributed by atoms with E-state index < -0.39 is 10.0 Å². The van der Waals surface area contributed by atoms with Crippen molar-refractivity contribution in [2.24, 2.45) is 5.14 Å². The standard InChI is InChI=1S/C22H20Cl2N2O4S/c23-17-6-3-4-15(12-17)10-11-30-20-9-8-18(14-21(20)31(25,28)29)26-22(27)13-16-5-1-2-7-19(16)24/h1-9,12,14H,10-11,13H2,(H,26,27)(H2,25,28,29). The largest absolute Gasteiger partial charge is 0.492 e. The molecule has 0 spiro atoms. The molecule has 0 aliphatic carbocycles. The molecule has 3 aromatic carbocycles. The minimum absolute atomic E-state index is 0.0439. The number of amides is 1. The zero-order chi connectivity index (χ0) is 22.4. The van der Waals surface area contributed by atoms with Crippen molar-refractivity contribution in [2.75, 3.05) is 11.9 Å². The van der Waals surface area contributed by atoms with Gasteiger partial charge in [0.2, 0.25) is 15.9 Å². The number of hydrogen-bond donors (Lipinski definition) is 2. The summed E-state index contributed by atoms with van der Waals surface area (Å²) in [6.07, 6.45) is 0.573. The number of ether oxygens (including phenoxy) is 1. The summed E-state index contributed by atoms with van der Waals surface area (Å²) in [5.74, 6) is -0.239. The van der Waals surface area contributed by atoms with Gasteiger partial charge in [0.05, 0.1) is 13.0 Å². The third-order valence-electron chi connectivity index (χ3n) is 4.38. The van der Waals surface area contributed by atoms with Crippen molar-refractivity contribution in [3.8, 4) is 5.75 Å². The van der Waals surface area contributed by atoms with Crippen LogP contribution in [0, 0.1) is 0 Å². The van der Waals surface area contributed by atoms with Crippen molar-refractivity contribution < 1.29 is 17.9 Å². The van der Waals surface area contributed by atoms with Crippen molar-refractivity contribution in [3.05, 3.63) is 87.9 Å². The maximum Gasteiger partial charge on any atom is 0.241 e. The summed E-state index contributed by atoms with van der Waals surface area (Å²) in [7, 11) is -4.08. The van der Waals surface area contributed by atoms with Gasteiger partial charge in [-0.15, -0.1) is 0 Å². The van der Waals surface area contributed by atoms with Gasteiger partial charge in [-0.25, -0.2) is 13.6 Å². The second-order valence-electron chi connectivity index (χ2n) is 6.75. The van der Waals surface area contributed by atoms with Gasteiger partial charge >= 0.3 is 0 Å². The molecule has 3 rings (SSSR count). The van der Waals surface area contributed by atoms with Gasteiger partial charge in [0.15, 0.2) is 0 Å². The molecule has 1 amide bonds. The van der Waals surface area contributed by atoms with Crippen LogP contribution in [0.1, 0.15) is 11.1 Å². The van der Waals surface area contributed by atoms with Crippen molar-refractivity contribution >= 4 is 44.8 Å². The quantitative estimate of drug-likeness (QED) is 0.499. The minimum atomic E-state index is -4.08. The molecule has 3 aromatic rings. The molecule has 0 aliphatic rings. The third kappa shape index (κ3) is 6.70. The van der Waals surface area contributed by atoms with Crippen LogP contribution in [-0.2, 0) is 27.7 Å². The Morgan fingerprint density at radius 3 is 2.48 bits per heavy atom. The van der Waals surface area contributed by atoms with Crippen LogP contribution >= 0.6 is 23.2 Å². The molecule has 0 bridgehead atoms. The van der Waals surface area contributed by atoms with Crippen LogP contribution in [0.5, 0.6) is 5.75 Å². The van der Waals surface area contributed by atoms with Crippen LogP contribution in [0.3, 0.4) is 0 Å². The van der Waals surface area contributed by atoms with E-state index in [9.17, 15) is 13.2 Å². The highest BCUT2D eigenvalue weighted by molar-refractivity contribution is 7.89. The van der Waals surface area contributed by atoms with Crippen molar-refractivity contribution in [1.82, 2.24) is 0 Å². The lowest BCUT2D eigenvalue weighted by atomic mass is 10.1. The molecule has 9 heteroatoms. The lowest BCUT2D eigenvalue weighted by Gasteiger charge is -2.13. The van der Waals surface area contributed by atoms with Gasteiger partial charge in [-0.2, -0.15) is 0 Å². The van der Waals surface area contributed by atoms with E-state index in [1.807, 2.05) is 18.2 Å². The Hall–Kier alpha value is -2.58. The predicted molar refractivity (Wildman–Crippen MR) is 122 cm³/mol. The Balaban J connectivity index is 1.70. The number of carbonyl (C=O) groups is 1. The first-order chi connectivity index (χ1) is 14.7. The van der Waals surface area contributed by atoms with Crippen LogP contribution in [0.2, 0.25) is 10.0 Å². The first-order valence-electron chi connectivity index (χ1n) is 9.30. The second kappa shape index (κ2) is 10.2. The van der Waals surface area contributed by atoms with Gasteiger partial charge in [-0.1, -0.05) is 53.5 Å². The van der Waals surface area contributed by atoms with E-state index in [-0.39, 0.29) is 35.3 Å². The summed E-state index contributed by atoms with van der Waals surface area (Å²) in [6.45, 7) is 0.223.